The fourth-order valence-corrected chi connectivity index (χ4v) is 6.22. The standard InChI is InChI=1S/C25H23ClFN3O5/c1-35-9-8-29-23(33)20-15-5-7-28(12-13-2-3-18(27)17(26)10-13)22(32)19(15)21(31)24(34)30(20)25(29)6-4-14-11-16(14)25/h2-3,10,31H,4-9,11-12H2,1H3. The average molecular weight is 500 g/mol. The zero-order valence-electron chi connectivity index (χ0n) is 19.1. The van der Waals surface area contributed by atoms with E-state index >= 15 is 0 Å². The van der Waals surface area contributed by atoms with Crippen LogP contribution in [0.25, 0.3) is 0 Å². The Bertz CT molecular complexity index is 1420. The number of benzene rings is 1. The lowest BCUT2D eigenvalue weighted by atomic mass is 9.95. The quantitative estimate of drug-likeness (QED) is 0.639. The Balaban J connectivity index is 1.45. The van der Waals surface area contributed by atoms with Gasteiger partial charge >= 0.3 is 0 Å². The first-order valence-corrected chi connectivity index (χ1v) is 11.9. The number of allylic oxidation sites excluding steroid dienone is 1. The zero-order valence-corrected chi connectivity index (χ0v) is 19.8. The van der Waals surface area contributed by atoms with Crippen molar-refractivity contribution in [3.63, 3.8) is 0 Å². The van der Waals surface area contributed by atoms with Crippen molar-refractivity contribution in [2.45, 2.75) is 37.9 Å². The third-order valence-corrected chi connectivity index (χ3v) is 7.97. The summed E-state index contributed by atoms with van der Waals surface area (Å²) < 4.78 is 20.2. The van der Waals surface area contributed by atoms with Crippen LogP contribution in [0.4, 0.5) is 4.39 Å². The average Bonchev–Trinajstić information content (AvgIpc) is 3.48. The molecule has 35 heavy (non-hydrogen) atoms. The van der Waals surface area contributed by atoms with E-state index in [9.17, 15) is 23.9 Å². The summed E-state index contributed by atoms with van der Waals surface area (Å²) in [4.78, 5) is 43.9. The van der Waals surface area contributed by atoms with Crippen molar-refractivity contribution < 1.29 is 23.8 Å². The van der Waals surface area contributed by atoms with Gasteiger partial charge in [0.1, 0.15) is 17.2 Å². The van der Waals surface area contributed by atoms with Gasteiger partial charge in [0, 0.05) is 32.3 Å². The van der Waals surface area contributed by atoms with Gasteiger partial charge in [0.25, 0.3) is 17.4 Å². The lowest BCUT2D eigenvalue weighted by Gasteiger charge is -2.37. The molecule has 0 saturated carbocycles. The molecule has 0 saturated heterocycles. The molecular weight excluding hydrogens is 477 g/mol. The molecule has 182 valence electrons. The molecule has 1 unspecified atom stereocenters. The minimum absolute atomic E-state index is 0.0522. The van der Waals surface area contributed by atoms with Crippen LogP contribution in [-0.2, 0) is 23.4 Å². The number of ether oxygens (including phenoxy) is 1. The van der Waals surface area contributed by atoms with E-state index in [1.54, 1.807) is 12.0 Å². The lowest BCUT2D eigenvalue weighted by Crippen LogP contribution is -2.50. The Kier molecular flexibility index (Phi) is 4.88. The Morgan fingerprint density at radius 3 is 2.66 bits per heavy atom. The summed E-state index contributed by atoms with van der Waals surface area (Å²) >= 11 is 5.88. The third-order valence-electron chi connectivity index (χ3n) is 7.68. The lowest BCUT2D eigenvalue weighted by molar-refractivity contribution is 0.0380. The molecule has 1 aromatic heterocycles. The van der Waals surface area contributed by atoms with E-state index in [1.807, 2.05) is 0 Å². The molecular formula is C25H23ClFN3O5. The van der Waals surface area contributed by atoms with Crippen molar-refractivity contribution in [1.82, 2.24) is 14.4 Å². The molecule has 3 heterocycles. The summed E-state index contributed by atoms with van der Waals surface area (Å²) in [7, 11) is 1.55. The maximum absolute atomic E-state index is 13.7. The van der Waals surface area contributed by atoms with Gasteiger partial charge in [-0.1, -0.05) is 23.2 Å². The molecule has 1 aromatic carbocycles. The molecule has 4 aliphatic rings. The Labute approximate surface area is 205 Å². The molecule has 2 aliphatic heterocycles. The summed E-state index contributed by atoms with van der Waals surface area (Å²) in [6, 6.07) is 4.20. The zero-order chi connectivity index (χ0) is 24.6. The predicted octanol–water partition coefficient (Wildman–Crippen LogP) is 2.79. The molecule has 2 aromatic rings. The maximum Gasteiger partial charge on any atom is 0.296 e. The summed E-state index contributed by atoms with van der Waals surface area (Å²) in [6.07, 6.45) is 2.44. The first-order chi connectivity index (χ1) is 16.8. The fourth-order valence-electron chi connectivity index (χ4n) is 6.02. The van der Waals surface area contributed by atoms with Crippen molar-refractivity contribution in [2.24, 2.45) is 0 Å². The summed E-state index contributed by atoms with van der Waals surface area (Å²) in [5.74, 6) is -2.05. The van der Waals surface area contributed by atoms with E-state index in [2.05, 4.69) is 0 Å². The Morgan fingerprint density at radius 1 is 1.20 bits per heavy atom. The van der Waals surface area contributed by atoms with Crippen LogP contribution < -0.4 is 5.56 Å². The molecule has 10 heteroatoms. The van der Waals surface area contributed by atoms with Crippen LogP contribution >= 0.6 is 11.6 Å². The number of aromatic nitrogens is 1. The number of methoxy groups -OCH3 is 1. The molecule has 0 fully saturated rings. The Morgan fingerprint density at radius 2 is 2.00 bits per heavy atom. The van der Waals surface area contributed by atoms with Crippen LogP contribution in [0.2, 0.25) is 5.02 Å². The van der Waals surface area contributed by atoms with E-state index in [1.165, 1.54) is 33.2 Å². The first-order valence-electron chi connectivity index (χ1n) is 11.6. The van der Waals surface area contributed by atoms with Gasteiger partial charge in [-0.2, -0.15) is 0 Å². The number of nitrogens with zero attached hydrogens (tertiary/aromatic N) is 3. The monoisotopic (exact) mass is 499 g/mol. The molecule has 0 radical (unpaired) electrons. The number of halogens is 2. The second-order valence-corrected chi connectivity index (χ2v) is 9.85. The molecule has 1 atom stereocenters. The highest BCUT2D eigenvalue weighted by molar-refractivity contribution is 6.30. The van der Waals surface area contributed by atoms with Crippen molar-refractivity contribution in [3.8, 4) is 5.75 Å². The number of amides is 2. The molecule has 8 nitrogen and oxygen atoms in total. The minimum Gasteiger partial charge on any atom is -0.502 e. The number of hydrogen-bond acceptors (Lipinski definition) is 5. The van der Waals surface area contributed by atoms with Crippen molar-refractivity contribution in [3.05, 3.63) is 72.9 Å². The van der Waals surface area contributed by atoms with E-state index in [0.717, 1.165) is 18.4 Å². The highest BCUT2D eigenvalue weighted by Gasteiger charge is 2.61. The van der Waals surface area contributed by atoms with Crippen LogP contribution in [0.3, 0.4) is 0 Å². The van der Waals surface area contributed by atoms with Crippen LogP contribution in [0, 0.1) is 5.82 Å². The van der Waals surface area contributed by atoms with E-state index < -0.39 is 28.7 Å². The van der Waals surface area contributed by atoms with E-state index in [-0.39, 0.29) is 35.3 Å². The van der Waals surface area contributed by atoms with Gasteiger partial charge in [-0.05, 0) is 49.0 Å². The third kappa shape index (κ3) is 2.97. The van der Waals surface area contributed by atoms with Crippen LogP contribution in [-0.4, -0.2) is 58.1 Å². The van der Waals surface area contributed by atoms with Gasteiger partial charge in [0.15, 0.2) is 5.75 Å². The second kappa shape index (κ2) is 7.66. The number of carbonyl (C=O) groups is 2. The van der Waals surface area contributed by atoms with Crippen LogP contribution in [0.1, 0.15) is 51.2 Å². The van der Waals surface area contributed by atoms with Gasteiger partial charge in [-0.3, -0.25) is 19.0 Å². The summed E-state index contributed by atoms with van der Waals surface area (Å²) in [5.41, 5.74) is 1.74. The number of pyridine rings is 1. The molecule has 2 aliphatic carbocycles. The Hall–Kier alpha value is -3.17. The van der Waals surface area contributed by atoms with Gasteiger partial charge in [0.2, 0.25) is 0 Å². The maximum atomic E-state index is 13.7. The number of rotatable bonds is 5. The molecule has 0 bridgehead atoms. The molecule has 6 rings (SSSR count). The van der Waals surface area contributed by atoms with Gasteiger partial charge in [0.05, 0.1) is 17.2 Å². The van der Waals surface area contributed by atoms with Crippen molar-refractivity contribution in [2.75, 3.05) is 26.8 Å². The van der Waals surface area contributed by atoms with Crippen molar-refractivity contribution >= 4 is 23.4 Å². The predicted molar refractivity (Wildman–Crippen MR) is 124 cm³/mol. The fraction of sp³-hybridized carbons (Fsp3) is 0.400. The smallest absolute Gasteiger partial charge is 0.296 e. The normalized spacial score (nSPS) is 22.3. The molecule has 2 amide bonds. The molecule has 1 N–H and O–H groups in total. The van der Waals surface area contributed by atoms with Crippen LogP contribution in [0.15, 0.2) is 34.1 Å². The molecule has 1 spiro atoms. The number of fused-ring (bicyclic) bond motifs is 5. The van der Waals surface area contributed by atoms with Gasteiger partial charge in [-0.25, -0.2) is 4.39 Å². The summed E-state index contributed by atoms with van der Waals surface area (Å²) in [5, 5.41) is 11.0. The largest absolute Gasteiger partial charge is 0.502 e. The highest BCUT2D eigenvalue weighted by atomic mass is 35.5. The summed E-state index contributed by atoms with van der Waals surface area (Å²) in [6.45, 7) is 1.01. The second-order valence-electron chi connectivity index (χ2n) is 9.44. The van der Waals surface area contributed by atoms with Crippen LogP contribution in [0.5, 0.6) is 5.75 Å². The van der Waals surface area contributed by atoms with Crippen molar-refractivity contribution in [1.29, 1.82) is 0 Å². The number of aromatic hydroxyl groups is 1. The highest BCUT2D eigenvalue weighted by Crippen LogP contribution is 2.59. The van der Waals surface area contributed by atoms with E-state index in [4.69, 9.17) is 16.3 Å². The SMILES string of the molecule is COCCN1C(=O)c2c3c(c(O)c(=O)n2C12CCC1=C2C1)C(=O)N(Cc1ccc(F)c(Cl)c1)CC3. The van der Waals surface area contributed by atoms with E-state index in [0.29, 0.717) is 37.1 Å². The topological polar surface area (TPSA) is 92.1 Å². The first kappa shape index (κ1) is 22.3. The van der Waals surface area contributed by atoms with Gasteiger partial charge < -0.3 is 19.6 Å². The minimum atomic E-state index is -0.922. The number of hydrogen-bond donors (Lipinski definition) is 1. The number of carbonyl (C=O) groups excluding carboxylic acids is 2. The van der Waals surface area contributed by atoms with Gasteiger partial charge in [-0.15, -0.1) is 0 Å².